The van der Waals surface area contributed by atoms with E-state index in [9.17, 15) is 4.79 Å². The lowest BCUT2D eigenvalue weighted by Gasteiger charge is -1.98. The first-order valence-corrected chi connectivity index (χ1v) is 6.49. The highest BCUT2D eigenvalue weighted by molar-refractivity contribution is 7.07. The Morgan fingerprint density at radius 3 is 3.11 bits per heavy atom. The lowest BCUT2D eigenvalue weighted by atomic mass is 10.4. The fourth-order valence-corrected chi connectivity index (χ4v) is 2.38. The molecule has 0 aliphatic rings. The number of H-pyrrole nitrogens is 1. The Balaban J connectivity index is 1.64. The average molecular weight is 260 g/mol. The van der Waals surface area contributed by atoms with Crippen molar-refractivity contribution in [3.63, 3.8) is 0 Å². The zero-order valence-electron chi connectivity index (χ0n) is 9.59. The van der Waals surface area contributed by atoms with Gasteiger partial charge < -0.3 is 14.7 Å². The van der Waals surface area contributed by atoms with Gasteiger partial charge in [0.1, 0.15) is 5.65 Å². The quantitative estimate of drug-likeness (QED) is 0.745. The van der Waals surface area contributed by atoms with Crippen LogP contribution in [0.25, 0.3) is 5.65 Å². The van der Waals surface area contributed by atoms with Crippen molar-refractivity contribution >= 4 is 17.0 Å². The minimum atomic E-state index is -0.0143. The van der Waals surface area contributed by atoms with E-state index >= 15 is 0 Å². The normalized spacial score (nSPS) is 11.1. The van der Waals surface area contributed by atoms with Crippen LogP contribution < -0.4 is 10.2 Å². The summed E-state index contributed by atoms with van der Waals surface area (Å²) in [6, 6.07) is 5.91. The molecule has 6 heteroatoms. The summed E-state index contributed by atoms with van der Waals surface area (Å²) in [6.07, 6.45) is 3.97. The maximum absolute atomic E-state index is 11.0. The predicted molar refractivity (Wildman–Crippen MR) is 70.7 cm³/mol. The summed E-state index contributed by atoms with van der Waals surface area (Å²) in [7, 11) is 0. The third-order valence-electron chi connectivity index (χ3n) is 2.61. The standard InChI is InChI=1S/C12H12N4OS/c17-12-15-10(8-18-12)6-13-5-9-7-16-4-2-1-3-11(16)14-9/h1-4,7-8,13H,5-6H2,(H,15,17). The van der Waals surface area contributed by atoms with Gasteiger partial charge in [-0.1, -0.05) is 17.4 Å². The Morgan fingerprint density at radius 1 is 1.39 bits per heavy atom. The molecule has 0 radical (unpaired) electrons. The van der Waals surface area contributed by atoms with Gasteiger partial charge in [0, 0.05) is 36.6 Å². The van der Waals surface area contributed by atoms with Crippen LogP contribution in [0.15, 0.2) is 40.8 Å². The van der Waals surface area contributed by atoms with Gasteiger partial charge in [-0.2, -0.15) is 0 Å². The van der Waals surface area contributed by atoms with Crippen LogP contribution in [-0.2, 0) is 13.1 Å². The molecular weight excluding hydrogens is 248 g/mol. The van der Waals surface area contributed by atoms with Crippen molar-refractivity contribution in [1.82, 2.24) is 19.7 Å². The molecule has 0 unspecified atom stereocenters. The molecule has 0 spiro atoms. The number of aromatic nitrogens is 3. The Morgan fingerprint density at radius 2 is 2.33 bits per heavy atom. The summed E-state index contributed by atoms with van der Waals surface area (Å²) in [5.41, 5.74) is 2.84. The summed E-state index contributed by atoms with van der Waals surface area (Å²) in [4.78, 5) is 18.2. The van der Waals surface area contributed by atoms with Gasteiger partial charge >= 0.3 is 4.87 Å². The lowest BCUT2D eigenvalue weighted by molar-refractivity contribution is 0.672. The highest BCUT2D eigenvalue weighted by Crippen LogP contribution is 2.04. The van der Waals surface area contributed by atoms with E-state index in [-0.39, 0.29) is 4.87 Å². The van der Waals surface area contributed by atoms with E-state index in [0.717, 1.165) is 17.0 Å². The monoisotopic (exact) mass is 260 g/mol. The van der Waals surface area contributed by atoms with Crippen LogP contribution in [0.4, 0.5) is 0 Å². The molecule has 0 bridgehead atoms. The maximum atomic E-state index is 11.0. The Hall–Kier alpha value is -1.92. The molecule has 3 aromatic rings. The van der Waals surface area contributed by atoms with E-state index in [1.807, 2.05) is 40.4 Å². The molecular formula is C12H12N4OS. The average Bonchev–Trinajstić information content (AvgIpc) is 2.95. The molecule has 3 aromatic heterocycles. The molecule has 0 aliphatic carbocycles. The Kier molecular flexibility index (Phi) is 2.95. The SMILES string of the molecule is O=c1[nH]c(CNCc2cn3ccccc3n2)cs1. The fraction of sp³-hybridized carbons (Fsp3) is 0.167. The summed E-state index contributed by atoms with van der Waals surface area (Å²) in [6.45, 7) is 1.33. The van der Waals surface area contributed by atoms with Gasteiger partial charge in [-0.15, -0.1) is 0 Å². The number of fused-ring (bicyclic) bond motifs is 1. The molecule has 92 valence electrons. The summed E-state index contributed by atoms with van der Waals surface area (Å²) < 4.78 is 1.99. The van der Waals surface area contributed by atoms with Gasteiger partial charge in [0.15, 0.2) is 0 Å². The molecule has 3 rings (SSSR count). The molecule has 0 fully saturated rings. The van der Waals surface area contributed by atoms with Gasteiger partial charge in [0.2, 0.25) is 0 Å². The van der Waals surface area contributed by atoms with E-state index in [0.29, 0.717) is 13.1 Å². The van der Waals surface area contributed by atoms with Crippen LogP contribution in [0.5, 0.6) is 0 Å². The minimum absolute atomic E-state index is 0.0143. The number of nitrogens with one attached hydrogen (secondary N) is 2. The van der Waals surface area contributed by atoms with Gasteiger partial charge in [-0.05, 0) is 12.1 Å². The van der Waals surface area contributed by atoms with Crippen molar-refractivity contribution in [2.45, 2.75) is 13.1 Å². The maximum Gasteiger partial charge on any atom is 0.304 e. The van der Waals surface area contributed by atoms with Crippen LogP contribution in [0, 0.1) is 0 Å². The molecule has 0 aromatic carbocycles. The fourth-order valence-electron chi connectivity index (χ4n) is 1.80. The number of pyridine rings is 1. The molecule has 0 aliphatic heterocycles. The molecule has 0 atom stereocenters. The first kappa shape index (κ1) is 11.2. The van der Waals surface area contributed by atoms with E-state index in [1.54, 1.807) is 0 Å². The Labute approximate surface area is 107 Å². The van der Waals surface area contributed by atoms with E-state index < -0.39 is 0 Å². The van der Waals surface area contributed by atoms with Crippen LogP contribution >= 0.6 is 11.3 Å². The van der Waals surface area contributed by atoms with Gasteiger partial charge in [-0.25, -0.2) is 4.98 Å². The highest BCUT2D eigenvalue weighted by Gasteiger charge is 2.01. The number of rotatable bonds is 4. The predicted octanol–water partition coefficient (Wildman–Crippen LogP) is 1.37. The van der Waals surface area contributed by atoms with Crippen molar-refractivity contribution in [3.8, 4) is 0 Å². The number of thiazole rings is 1. The summed E-state index contributed by atoms with van der Waals surface area (Å²) in [5, 5.41) is 5.09. The van der Waals surface area contributed by atoms with Crippen LogP contribution in [-0.4, -0.2) is 14.4 Å². The van der Waals surface area contributed by atoms with Crippen LogP contribution in [0.2, 0.25) is 0 Å². The smallest absolute Gasteiger partial charge is 0.304 e. The van der Waals surface area contributed by atoms with Crippen molar-refractivity contribution in [2.75, 3.05) is 0 Å². The van der Waals surface area contributed by atoms with Crippen molar-refractivity contribution < 1.29 is 0 Å². The first-order chi connectivity index (χ1) is 8.81. The zero-order chi connectivity index (χ0) is 12.4. The molecule has 5 nitrogen and oxygen atoms in total. The minimum Gasteiger partial charge on any atom is -0.315 e. The third kappa shape index (κ3) is 2.34. The van der Waals surface area contributed by atoms with Crippen molar-refractivity contribution in [3.05, 3.63) is 57.0 Å². The second kappa shape index (κ2) is 4.75. The topological polar surface area (TPSA) is 62.2 Å². The number of nitrogens with zero attached hydrogens (tertiary/aromatic N) is 2. The second-order valence-corrected chi connectivity index (χ2v) is 4.82. The van der Waals surface area contributed by atoms with Gasteiger partial charge in [-0.3, -0.25) is 4.79 Å². The molecule has 0 amide bonds. The molecule has 2 N–H and O–H groups in total. The van der Waals surface area contributed by atoms with Crippen LogP contribution in [0.1, 0.15) is 11.4 Å². The van der Waals surface area contributed by atoms with Crippen molar-refractivity contribution in [1.29, 1.82) is 0 Å². The van der Waals surface area contributed by atoms with Gasteiger partial charge in [0.25, 0.3) is 0 Å². The molecule has 18 heavy (non-hydrogen) atoms. The van der Waals surface area contributed by atoms with E-state index in [2.05, 4.69) is 15.3 Å². The number of aromatic amines is 1. The highest BCUT2D eigenvalue weighted by atomic mass is 32.1. The number of hydrogen-bond acceptors (Lipinski definition) is 4. The second-order valence-electron chi connectivity index (χ2n) is 3.98. The molecule has 3 heterocycles. The Bertz CT molecular complexity index is 679. The zero-order valence-corrected chi connectivity index (χ0v) is 10.4. The van der Waals surface area contributed by atoms with Gasteiger partial charge in [0.05, 0.1) is 5.69 Å². The molecule has 0 saturated carbocycles. The number of imidazole rings is 1. The summed E-state index contributed by atoms with van der Waals surface area (Å²) >= 11 is 1.18. The number of hydrogen-bond donors (Lipinski definition) is 2. The molecule has 0 saturated heterocycles. The lowest BCUT2D eigenvalue weighted by Crippen LogP contribution is -2.13. The summed E-state index contributed by atoms with van der Waals surface area (Å²) in [5.74, 6) is 0. The van der Waals surface area contributed by atoms with Crippen LogP contribution in [0.3, 0.4) is 0 Å². The van der Waals surface area contributed by atoms with E-state index in [4.69, 9.17) is 0 Å². The first-order valence-electron chi connectivity index (χ1n) is 5.61. The van der Waals surface area contributed by atoms with E-state index in [1.165, 1.54) is 11.3 Å². The third-order valence-corrected chi connectivity index (χ3v) is 3.32. The van der Waals surface area contributed by atoms with Crippen molar-refractivity contribution in [2.24, 2.45) is 0 Å². The largest absolute Gasteiger partial charge is 0.315 e.